The molecule has 0 fully saturated rings. The highest BCUT2D eigenvalue weighted by Crippen LogP contribution is 2.34. The van der Waals surface area contributed by atoms with Crippen molar-refractivity contribution < 1.29 is 4.79 Å². The van der Waals surface area contributed by atoms with Crippen LogP contribution in [0.5, 0.6) is 0 Å². The molecule has 2 heterocycles. The number of carbonyl (C=O) groups excluding carboxylic acids is 1. The third-order valence-electron chi connectivity index (χ3n) is 6.41. The van der Waals surface area contributed by atoms with Crippen LogP contribution in [-0.4, -0.2) is 26.8 Å². The van der Waals surface area contributed by atoms with Crippen LogP contribution in [0.3, 0.4) is 0 Å². The second-order valence-corrected chi connectivity index (χ2v) is 8.71. The maximum absolute atomic E-state index is 13.6. The molecule has 0 spiro atoms. The van der Waals surface area contributed by atoms with Gasteiger partial charge in [-0.3, -0.25) is 4.79 Å². The summed E-state index contributed by atoms with van der Waals surface area (Å²) in [5, 5.41) is 0. The first kappa shape index (κ1) is 21.2. The molecule has 1 aromatic heterocycles. The number of hydrogen-bond donors (Lipinski definition) is 2. The van der Waals surface area contributed by atoms with Gasteiger partial charge in [-0.05, 0) is 30.0 Å². The van der Waals surface area contributed by atoms with Crippen LogP contribution in [0.25, 0.3) is 11.3 Å². The van der Waals surface area contributed by atoms with Gasteiger partial charge >= 0.3 is 0 Å². The minimum atomic E-state index is -0.607. The molecule has 5 heteroatoms. The van der Waals surface area contributed by atoms with Crippen LogP contribution in [0.2, 0.25) is 0 Å². The number of nitrogens with one attached hydrogen (secondary N) is 1. The number of aromatic amines is 1. The number of amides is 1. The highest BCUT2D eigenvalue weighted by molar-refractivity contribution is 5.82. The van der Waals surface area contributed by atoms with E-state index >= 15 is 0 Å². The molecule has 1 unspecified atom stereocenters. The zero-order valence-electron chi connectivity index (χ0n) is 18.7. The minimum absolute atomic E-state index is 0.0475. The Bertz CT molecular complexity index is 1250. The zero-order chi connectivity index (χ0) is 22.8. The van der Waals surface area contributed by atoms with E-state index in [0.717, 1.165) is 28.3 Å². The van der Waals surface area contributed by atoms with Crippen molar-refractivity contribution in [3.8, 4) is 11.3 Å². The molecule has 0 saturated carbocycles. The SMILES string of the molecule is Cc1[nH]c(C2Cc3ccccc3CN2C(=O)[C@@H](N)Cc2ccccc2)nc1-c1ccccc1. The summed E-state index contributed by atoms with van der Waals surface area (Å²) < 4.78 is 0. The molecule has 166 valence electrons. The quantitative estimate of drug-likeness (QED) is 0.481. The third kappa shape index (κ3) is 4.32. The molecule has 0 radical (unpaired) electrons. The van der Waals surface area contributed by atoms with E-state index in [1.54, 1.807) is 0 Å². The Morgan fingerprint density at radius 2 is 1.64 bits per heavy atom. The van der Waals surface area contributed by atoms with Crippen molar-refractivity contribution in [2.45, 2.75) is 38.4 Å². The maximum Gasteiger partial charge on any atom is 0.240 e. The van der Waals surface area contributed by atoms with E-state index in [1.165, 1.54) is 11.1 Å². The van der Waals surface area contributed by atoms with Crippen LogP contribution in [0, 0.1) is 6.92 Å². The van der Waals surface area contributed by atoms with Gasteiger partial charge in [0, 0.05) is 24.2 Å². The van der Waals surface area contributed by atoms with Gasteiger partial charge < -0.3 is 15.6 Å². The summed E-state index contributed by atoms with van der Waals surface area (Å²) in [6.45, 7) is 2.56. The van der Waals surface area contributed by atoms with Gasteiger partial charge in [-0.1, -0.05) is 84.9 Å². The third-order valence-corrected chi connectivity index (χ3v) is 6.41. The van der Waals surface area contributed by atoms with Gasteiger partial charge in [-0.15, -0.1) is 0 Å². The first-order chi connectivity index (χ1) is 16.1. The Morgan fingerprint density at radius 1 is 1.00 bits per heavy atom. The number of nitrogens with zero attached hydrogens (tertiary/aromatic N) is 2. The highest BCUT2D eigenvalue weighted by atomic mass is 16.2. The molecule has 4 aromatic rings. The maximum atomic E-state index is 13.6. The second-order valence-electron chi connectivity index (χ2n) is 8.71. The molecule has 3 aromatic carbocycles. The van der Waals surface area contributed by atoms with Crippen molar-refractivity contribution >= 4 is 5.91 Å². The molecule has 5 rings (SSSR count). The monoisotopic (exact) mass is 436 g/mol. The number of nitrogens with two attached hydrogens (primary N) is 1. The Hall–Kier alpha value is -3.70. The van der Waals surface area contributed by atoms with Gasteiger partial charge in [0.25, 0.3) is 0 Å². The summed E-state index contributed by atoms with van der Waals surface area (Å²) in [7, 11) is 0. The number of imidazole rings is 1. The summed E-state index contributed by atoms with van der Waals surface area (Å²) in [6, 6.07) is 27.6. The lowest BCUT2D eigenvalue weighted by Gasteiger charge is -2.37. The van der Waals surface area contributed by atoms with Crippen LogP contribution in [0.4, 0.5) is 0 Å². The molecule has 0 bridgehead atoms. The predicted molar refractivity (Wildman–Crippen MR) is 130 cm³/mol. The lowest BCUT2D eigenvalue weighted by molar-refractivity contribution is -0.136. The van der Waals surface area contributed by atoms with Crippen molar-refractivity contribution in [3.63, 3.8) is 0 Å². The molecule has 3 N–H and O–H groups in total. The van der Waals surface area contributed by atoms with E-state index in [1.807, 2.05) is 66.4 Å². The molecule has 1 amide bonds. The van der Waals surface area contributed by atoms with Crippen LogP contribution < -0.4 is 5.73 Å². The molecule has 2 atom stereocenters. The Kier molecular flexibility index (Phi) is 5.80. The highest BCUT2D eigenvalue weighted by Gasteiger charge is 2.35. The predicted octanol–water partition coefficient (Wildman–Crippen LogP) is 4.58. The van der Waals surface area contributed by atoms with Crippen LogP contribution in [-0.2, 0) is 24.2 Å². The number of carbonyl (C=O) groups is 1. The van der Waals surface area contributed by atoms with Crippen molar-refractivity contribution in [3.05, 3.63) is 113 Å². The molecule has 0 saturated heterocycles. The number of benzene rings is 3. The smallest absolute Gasteiger partial charge is 0.240 e. The molecule has 5 nitrogen and oxygen atoms in total. The van der Waals surface area contributed by atoms with Crippen LogP contribution in [0.1, 0.15) is 34.3 Å². The largest absolute Gasteiger partial charge is 0.344 e. The first-order valence-corrected chi connectivity index (χ1v) is 11.4. The van der Waals surface area contributed by atoms with E-state index < -0.39 is 6.04 Å². The number of aryl methyl sites for hydroxylation is 1. The number of rotatable bonds is 5. The number of aromatic nitrogens is 2. The second kappa shape index (κ2) is 9.04. The number of fused-ring (bicyclic) bond motifs is 1. The van der Waals surface area contributed by atoms with Gasteiger partial charge in [0.05, 0.1) is 17.8 Å². The summed E-state index contributed by atoms with van der Waals surface area (Å²) in [5.74, 6) is 0.759. The Morgan fingerprint density at radius 3 is 2.36 bits per heavy atom. The fourth-order valence-corrected chi connectivity index (χ4v) is 4.69. The average Bonchev–Trinajstić information content (AvgIpc) is 3.25. The normalized spacial score (nSPS) is 16.3. The lowest BCUT2D eigenvalue weighted by Crippen LogP contribution is -2.48. The van der Waals surface area contributed by atoms with Crippen LogP contribution >= 0.6 is 0 Å². The van der Waals surface area contributed by atoms with Gasteiger partial charge in [0.2, 0.25) is 5.91 Å². The topological polar surface area (TPSA) is 75.0 Å². The van der Waals surface area contributed by atoms with E-state index in [-0.39, 0.29) is 11.9 Å². The standard InChI is InChI=1S/C28H28N4O/c1-19-26(21-12-6-3-7-13-21)31-27(30-19)25-17-22-14-8-9-15-23(22)18-32(25)28(33)24(29)16-20-10-4-2-5-11-20/h2-15,24-25H,16-18,29H2,1H3,(H,30,31)/t24-,25?/m0/s1. The van der Waals surface area contributed by atoms with Crippen LogP contribution in [0.15, 0.2) is 84.9 Å². The van der Waals surface area contributed by atoms with Crippen molar-refractivity contribution in [1.82, 2.24) is 14.9 Å². The average molecular weight is 437 g/mol. The fraction of sp³-hybridized carbons (Fsp3) is 0.214. The zero-order valence-corrected chi connectivity index (χ0v) is 18.7. The van der Waals surface area contributed by atoms with E-state index in [0.29, 0.717) is 19.4 Å². The van der Waals surface area contributed by atoms with Crippen molar-refractivity contribution in [1.29, 1.82) is 0 Å². The van der Waals surface area contributed by atoms with Gasteiger partial charge in [-0.25, -0.2) is 4.98 Å². The van der Waals surface area contributed by atoms with Crippen molar-refractivity contribution in [2.75, 3.05) is 0 Å². The molecule has 1 aliphatic heterocycles. The van der Waals surface area contributed by atoms with E-state index in [2.05, 4.69) is 35.3 Å². The summed E-state index contributed by atoms with van der Waals surface area (Å²) in [5.41, 5.74) is 12.9. The Labute approximate surface area is 194 Å². The minimum Gasteiger partial charge on any atom is -0.344 e. The van der Waals surface area contributed by atoms with Gasteiger partial charge in [-0.2, -0.15) is 0 Å². The van der Waals surface area contributed by atoms with E-state index in [4.69, 9.17) is 10.7 Å². The molecule has 1 aliphatic rings. The molecule has 0 aliphatic carbocycles. The van der Waals surface area contributed by atoms with Gasteiger partial charge in [0.15, 0.2) is 0 Å². The van der Waals surface area contributed by atoms with Crippen molar-refractivity contribution in [2.24, 2.45) is 5.73 Å². The summed E-state index contributed by atoms with van der Waals surface area (Å²) >= 11 is 0. The van der Waals surface area contributed by atoms with E-state index in [9.17, 15) is 4.79 Å². The van der Waals surface area contributed by atoms with Gasteiger partial charge in [0.1, 0.15) is 5.82 Å². The molecule has 33 heavy (non-hydrogen) atoms. The Balaban J connectivity index is 1.48. The summed E-state index contributed by atoms with van der Waals surface area (Å²) in [6.07, 6.45) is 1.22. The molecular formula is C28H28N4O. The summed E-state index contributed by atoms with van der Waals surface area (Å²) in [4.78, 5) is 24.0. The lowest BCUT2D eigenvalue weighted by atomic mass is 9.92. The molecular weight excluding hydrogens is 408 g/mol. The first-order valence-electron chi connectivity index (χ1n) is 11.4. The number of hydrogen-bond acceptors (Lipinski definition) is 3. The fourth-order valence-electron chi connectivity index (χ4n) is 4.69. The number of H-pyrrole nitrogens is 1.